The SMILES string of the molecule is CC(C)CC(C)(CN)NC(=O)CN1C(=O)c2ccc(Br)cc2C1=O.Cl. The molecule has 8 heteroatoms. The second kappa shape index (κ2) is 8.29. The fourth-order valence-electron chi connectivity index (χ4n) is 3.01. The molecule has 0 aromatic heterocycles. The number of nitrogens with zero attached hydrogens (tertiary/aromatic N) is 1. The van der Waals surface area contributed by atoms with Crippen LogP contribution in [0.3, 0.4) is 0 Å². The van der Waals surface area contributed by atoms with Crippen LogP contribution in [-0.2, 0) is 4.79 Å². The van der Waals surface area contributed by atoms with E-state index in [4.69, 9.17) is 5.73 Å². The molecule has 3 N–H and O–H groups in total. The van der Waals surface area contributed by atoms with Gasteiger partial charge in [-0.1, -0.05) is 29.8 Å². The third-order valence-electron chi connectivity index (χ3n) is 3.98. The Kier molecular flexibility index (Phi) is 7.17. The summed E-state index contributed by atoms with van der Waals surface area (Å²) in [4.78, 5) is 38.1. The summed E-state index contributed by atoms with van der Waals surface area (Å²) in [6.45, 7) is 5.93. The fraction of sp³-hybridized carbons (Fsp3) is 0.471. The van der Waals surface area contributed by atoms with Crippen molar-refractivity contribution < 1.29 is 14.4 Å². The number of carbonyl (C=O) groups is 3. The van der Waals surface area contributed by atoms with E-state index >= 15 is 0 Å². The maximum absolute atomic E-state index is 12.4. The van der Waals surface area contributed by atoms with Gasteiger partial charge < -0.3 is 11.1 Å². The van der Waals surface area contributed by atoms with Gasteiger partial charge in [0.15, 0.2) is 0 Å². The molecule has 0 bridgehead atoms. The zero-order chi connectivity index (χ0) is 18.1. The predicted molar refractivity (Wildman–Crippen MR) is 102 cm³/mol. The maximum atomic E-state index is 12.4. The Bertz CT molecular complexity index is 696. The van der Waals surface area contributed by atoms with Gasteiger partial charge in [-0.25, -0.2) is 0 Å². The number of benzene rings is 1. The van der Waals surface area contributed by atoms with Crippen LogP contribution in [-0.4, -0.2) is 41.2 Å². The third kappa shape index (κ3) is 4.80. The van der Waals surface area contributed by atoms with Crippen LogP contribution in [0.4, 0.5) is 0 Å². The van der Waals surface area contributed by atoms with Gasteiger partial charge in [-0.15, -0.1) is 12.4 Å². The number of rotatable bonds is 6. The normalized spacial score (nSPS) is 15.7. The molecule has 0 radical (unpaired) electrons. The van der Waals surface area contributed by atoms with E-state index in [2.05, 4.69) is 21.2 Å². The molecule has 0 saturated heterocycles. The lowest BCUT2D eigenvalue weighted by atomic mass is 9.90. The number of amides is 3. The first-order valence-corrected chi connectivity index (χ1v) is 8.63. The molecule has 1 atom stereocenters. The van der Waals surface area contributed by atoms with E-state index in [9.17, 15) is 14.4 Å². The largest absolute Gasteiger partial charge is 0.348 e. The summed E-state index contributed by atoms with van der Waals surface area (Å²) in [6, 6.07) is 4.87. The lowest BCUT2D eigenvalue weighted by Crippen LogP contribution is -2.54. The van der Waals surface area contributed by atoms with Gasteiger partial charge in [0.05, 0.1) is 11.1 Å². The minimum absolute atomic E-state index is 0. The highest BCUT2D eigenvalue weighted by Crippen LogP contribution is 2.26. The van der Waals surface area contributed by atoms with Crippen LogP contribution in [0, 0.1) is 5.92 Å². The number of hydrogen-bond donors (Lipinski definition) is 2. The van der Waals surface area contributed by atoms with Crippen LogP contribution < -0.4 is 11.1 Å². The van der Waals surface area contributed by atoms with Crippen molar-refractivity contribution in [1.29, 1.82) is 0 Å². The standard InChI is InChI=1S/C17H22BrN3O3.ClH/c1-10(2)7-17(3,9-19)20-14(22)8-21-15(23)12-5-4-11(18)6-13(12)16(21)24;/h4-6,10H,7-9,19H2,1-3H3,(H,20,22);1H. The highest BCUT2D eigenvalue weighted by molar-refractivity contribution is 9.10. The molecule has 2 rings (SSSR count). The molecule has 1 aromatic carbocycles. The van der Waals surface area contributed by atoms with Gasteiger partial charge in [0.1, 0.15) is 6.54 Å². The summed E-state index contributed by atoms with van der Waals surface area (Å²) in [5, 5.41) is 2.86. The summed E-state index contributed by atoms with van der Waals surface area (Å²) in [5.74, 6) is -0.937. The number of nitrogens with one attached hydrogen (secondary N) is 1. The van der Waals surface area contributed by atoms with Crippen LogP contribution in [0.2, 0.25) is 0 Å². The van der Waals surface area contributed by atoms with Crippen molar-refractivity contribution in [3.8, 4) is 0 Å². The smallest absolute Gasteiger partial charge is 0.262 e. The van der Waals surface area contributed by atoms with Gasteiger partial charge in [-0.05, 0) is 37.5 Å². The second-order valence-electron chi connectivity index (χ2n) is 6.80. The first kappa shape index (κ1) is 21.6. The quantitative estimate of drug-likeness (QED) is 0.675. The van der Waals surface area contributed by atoms with E-state index in [0.29, 0.717) is 27.9 Å². The Morgan fingerprint density at radius 2 is 1.88 bits per heavy atom. The predicted octanol–water partition coefficient (Wildman–Crippen LogP) is 2.35. The lowest BCUT2D eigenvalue weighted by Gasteiger charge is -2.31. The van der Waals surface area contributed by atoms with Crippen LogP contribution in [0.25, 0.3) is 0 Å². The molecule has 0 aliphatic carbocycles. The number of halogens is 2. The number of nitrogens with two attached hydrogens (primary N) is 1. The highest BCUT2D eigenvalue weighted by atomic mass is 79.9. The summed E-state index contributed by atoms with van der Waals surface area (Å²) in [6.07, 6.45) is 0.713. The van der Waals surface area contributed by atoms with Crippen molar-refractivity contribution in [2.45, 2.75) is 32.7 Å². The number of carbonyl (C=O) groups excluding carboxylic acids is 3. The van der Waals surface area contributed by atoms with Gasteiger partial charge in [-0.3, -0.25) is 19.3 Å². The summed E-state index contributed by atoms with van der Waals surface area (Å²) in [5.41, 5.74) is 5.85. The van der Waals surface area contributed by atoms with Crippen LogP contribution in [0.5, 0.6) is 0 Å². The zero-order valence-corrected chi connectivity index (χ0v) is 16.9. The minimum atomic E-state index is -0.563. The van der Waals surface area contributed by atoms with Crippen molar-refractivity contribution in [2.75, 3.05) is 13.1 Å². The Morgan fingerprint density at radius 1 is 1.28 bits per heavy atom. The average Bonchev–Trinajstić information content (AvgIpc) is 2.71. The minimum Gasteiger partial charge on any atom is -0.348 e. The number of imide groups is 1. The first-order valence-electron chi connectivity index (χ1n) is 7.83. The number of fused-ring (bicyclic) bond motifs is 1. The molecule has 1 aliphatic rings. The Hall–Kier alpha value is -1.44. The van der Waals surface area contributed by atoms with Crippen molar-refractivity contribution in [3.63, 3.8) is 0 Å². The van der Waals surface area contributed by atoms with Gasteiger partial charge in [-0.2, -0.15) is 0 Å². The van der Waals surface area contributed by atoms with E-state index in [0.717, 1.165) is 4.90 Å². The second-order valence-corrected chi connectivity index (χ2v) is 7.71. The van der Waals surface area contributed by atoms with Crippen LogP contribution >= 0.6 is 28.3 Å². The number of hydrogen-bond acceptors (Lipinski definition) is 4. The van der Waals surface area contributed by atoms with Crippen molar-refractivity contribution in [3.05, 3.63) is 33.8 Å². The maximum Gasteiger partial charge on any atom is 0.262 e. The average molecular weight is 433 g/mol. The van der Waals surface area contributed by atoms with Crippen LogP contribution in [0.1, 0.15) is 47.9 Å². The van der Waals surface area contributed by atoms with Gasteiger partial charge in [0.25, 0.3) is 11.8 Å². The summed E-state index contributed by atoms with van der Waals surface area (Å²) in [7, 11) is 0. The van der Waals surface area contributed by atoms with E-state index in [1.807, 2.05) is 20.8 Å². The molecule has 1 aromatic rings. The Labute approximate surface area is 162 Å². The summed E-state index contributed by atoms with van der Waals surface area (Å²) < 4.78 is 0.710. The highest BCUT2D eigenvalue weighted by Gasteiger charge is 2.37. The molecular weight excluding hydrogens is 410 g/mol. The Balaban J connectivity index is 0.00000312. The van der Waals surface area contributed by atoms with E-state index < -0.39 is 23.3 Å². The molecule has 25 heavy (non-hydrogen) atoms. The molecule has 138 valence electrons. The lowest BCUT2D eigenvalue weighted by molar-refractivity contribution is -0.123. The van der Waals surface area contributed by atoms with Crippen molar-refractivity contribution in [1.82, 2.24) is 10.2 Å². The van der Waals surface area contributed by atoms with Crippen molar-refractivity contribution >= 4 is 46.1 Å². The topological polar surface area (TPSA) is 92.5 Å². The van der Waals surface area contributed by atoms with Gasteiger partial charge >= 0.3 is 0 Å². The molecule has 1 aliphatic heterocycles. The molecule has 0 saturated carbocycles. The molecule has 0 fully saturated rings. The van der Waals surface area contributed by atoms with Crippen LogP contribution in [0.15, 0.2) is 22.7 Å². The zero-order valence-electron chi connectivity index (χ0n) is 14.5. The monoisotopic (exact) mass is 431 g/mol. The first-order chi connectivity index (χ1) is 11.2. The van der Waals surface area contributed by atoms with Crippen molar-refractivity contribution in [2.24, 2.45) is 11.7 Å². The van der Waals surface area contributed by atoms with E-state index in [1.54, 1.807) is 18.2 Å². The molecule has 0 spiro atoms. The fourth-order valence-corrected chi connectivity index (χ4v) is 3.37. The molecule has 1 unspecified atom stereocenters. The molecular formula is C17H23BrClN3O3. The van der Waals surface area contributed by atoms with Gasteiger partial charge in [0, 0.05) is 16.6 Å². The van der Waals surface area contributed by atoms with E-state index in [-0.39, 0.29) is 25.5 Å². The Morgan fingerprint density at radius 3 is 2.44 bits per heavy atom. The molecule has 6 nitrogen and oxygen atoms in total. The summed E-state index contributed by atoms with van der Waals surface area (Å²) >= 11 is 3.28. The van der Waals surface area contributed by atoms with Gasteiger partial charge in [0.2, 0.25) is 5.91 Å². The third-order valence-corrected chi connectivity index (χ3v) is 4.48. The molecule has 3 amide bonds. The van der Waals surface area contributed by atoms with E-state index in [1.165, 1.54) is 0 Å². The molecule has 1 heterocycles.